The molecule has 0 aromatic rings. The summed E-state index contributed by atoms with van der Waals surface area (Å²) in [7, 11) is 0. The van der Waals surface area contributed by atoms with Crippen molar-refractivity contribution >= 4 is 28.8 Å². The Hall–Kier alpha value is -1.04. The third-order valence-electron chi connectivity index (χ3n) is 2.42. The smallest absolute Gasteiger partial charge is 0.408 e. The molecule has 0 saturated heterocycles. The van der Waals surface area contributed by atoms with Gasteiger partial charge in [-0.1, -0.05) is 46.4 Å². The number of carbonyl (C=O) groups excluding carboxylic acids is 3. The van der Waals surface area contributed by atoms with Gasteiger partial charge in [0.2, 0.25) is 0 Å². The lowest BCUT2D eigenvalue weighted by Crippen LogP contribution is -2.46. The summed E-state index contributed by atoms with van der Waals surface area (Å²) >= 11 is 1.14. The molecule has 0 rings (SSSR count). The molecule has 0 aliphatic carbocycles. The second-order valence-corrected chi connectivity index (χ2v) is 9.48. The van der Waals surface area contributed by atoms with Gasteiger partial charge in [0.15, 0.2) is 10.9 Å². The van der Waals surface area contributed by atoms with E-state index in [9.17, 15) is 14.4 Å². The monoisotopic (exact) mass is 331 g/mol. The minimum Gasteiger partial charge on any atom is -0.444 e. The van der Waals surface area contributed by atoms with Gasteiger partial charge in [-0.2, -0.15) is 0 Å². The van der Waals surface area contributed by atoms with Crippen LogP contribution in [-0.2, 0) is 14.3 Å². The fraction of sp³-hybridized carbons (Fsp3) is 0.812. The Labute approximate surface area is 137 Å². The van der Waals surface area contributed by atoms with Crippen LogP contribution in [0.2, 0.25) is 0 Å². The molecule has 0 saturated carbocycles. The van der Waals surface area contributed by atoms with Crippen molar-refractivity contribution in [2.24, 2.45) is 5.92 Å². The van der Waals surface area contributed by atoms with E-state index in [1.165, 1.54) is 0 Å². The predicted octanol–water partition coefficient (Wildman–Crippen LogP) is 3.55. The van der Waals surface area contributed by atoms with Crippen LogP contribution < -0.4 is 5.32 Å². The number of amides is 1. The molecule has 0 aromatic carbocycles. The van der Waals surface area contributed by atoms with Gasteiger partial charge in [-0.25, -0.2) is 4.79 Å². The van der Waals surface area contributed by atoms with Gasteiger partial charge in [-0.3, -0.25) is 9.59 Å². The minimum absolute atomic E-state index is 0.118. The number of hydrogen-bond acceptors (Lipinski definition) is 5. The molecule has 0 spiro atoms. The number of ether oxygens (including phenoxy) is 1. The Kier molecular flexibility index (Phi) is 7.62. The molecule has 0 aliphatic rings. The average molecular weight is 331 g/mol. The van der Waals surface area contributed by atoms with Crippen LogP contribution in [0.3, 0.4) is 0 Å². The van der Waals surface area contributed by atoms with E-state index in [1.54, 1.807) is 20.8 Å². The van der Waals surface area contributed by atoms with E-state index in [0.29, 0.717) is 0 Å². The standard InChI is InChI=1S/C16H29NO4S/c1-10(2)13(17-14(20)21-15(3,4)5)11(18)9-12(19)22-16(6,7)8/h10,13H,9H2,1-8H3,(H,17,20)/t13-/m0/s1. The SMILES string of the molecule is CC(C)[C@H](NC(=O)OC(C)(C)C)C(=O)CC(=O)SC(C)(C)C. The maximum absolute atomic E-state index is 12.3. The van der Waals surface area contributed by atoms with Crippen molar-refractivity contribution in [3.05, 3.63) is 0 Å². The van der Waals surface area contributed by atoms with Crippen LogP contribution >= 0.6 is 11.8 Å². The van der Waals surface area contributed by atoms with Crippen LogP contribution in [-0.4, -0.2) is 33.4 Å². The summed E-state index contributed by atoms with van der Waals surface area (Å²) in [6, 6.07) is -0.723. The highest BCUT2D eigenvalue weighted by molar-refractivity contribution is 8.14. The molecule has 128 valence electrons. The maximum Gasteiger partial charge on any atom is 0.408 e. The summed E-state index contributed by atoms with van der Waals surface area (Å²) < 4.78 is 4.93. The van der Waals surface area contributed by atoms with Gasteiger partial charge in [0, 0.05) is 4.75 Å². The minimum atomic E-state index is -0.723. The number of ketones is 1. The summed E-state index contributed by atoms with van der Waals surface area (Å²) in [5.41, 5.74) is -0.632. The lowest BCUT2D eigenvalue weighted by atomic mass is 9.98. The van der Waals surface area contributed by atoms with Gasteiger partial charge in [0.1, 0.15) is 5.60 Å². The number of alkyl carbamates (subject to hydrolysis) is 1. The lowest BCUT2D eigenvalue weighted by Gasteiger charge is -2.25. The van der Waals surface area contributed by atoms with Gasteiger partial charge in [-0.05, 0) is 26.7 Å². The normalized spacial score (nSPS) is 13.7. The molecule has 0 heterocycles. The molecule has 0 bridgehead atoms. The average Bonchev–Trinajstić information content (AvgIpc) is 2.19. The lowest BCUT2D eigenvalue weighted by molar-refractivity contribution is -0.125. The molecular weight excluding hydrogens is 302 g/mol. The van der Waals surface area contributed by atoms with E-state index in [2.05, 4.69) is 5.32 Å². The first-order valence-corrected chi connectivity index (χ1v) is 8.27. The second kappa shape index (κ2) is 7.99. The third kappa shape index (κ3) is 9.82. The van der Waals surface area contributed by atoms with Crippen LogP contribution in [0.5, 0.6) is 0 Å². The van der Waals surface area contributed by atoms with Crippen molar-refractivity contribution in [1.29, 1.82) is 0 Å². The van der Waals surface area contributed by atoms with Crippen LogP contribution in [0.25, 0.3) is 0 Å². The summed E-state index contributed by atoms with van der Waals surface area (Å²) in [4.78, 5) is 36.0. The highest BCUT2D eigenvalue weighted by atomic mass is 32.2. The molecule has 0 radical (unpaired) electrons. The van der Waals surface area contributed by atoms with Gasteiger partial charge in [0.05, 0.1) is 12.5 Å². The van der Waals surface area contributed by atoms with E-state index in [4.69, 9.17) is 4.74 Å². The third-order valence-corrected chi connectivity index (χ3v) is 3.41. The number of hydrogen-bond donors (Lipinski definition) is 1. The molecule has 0 fully saturated rings. The van der Waals surface area contributed by atoms with E-state index in [1.807, 2.05) is 34.6 Å². The highest BCUT2D eigenvalue weighted by Gasteiger charge is 2.29. The van der Waals surface area contributed by atoms with Gasteiger partial charge < -0.3 is 10.1 Å². The zero-order valence-corrected chi connectivity index (χ0v) is 15.7. The molecular formula is C16H29NO4S. The quantitative estimate of drug-likeness (QED) is 0.780. The fourth-order valence-corrected chi connectivity index (χ4v) is 2.58. The van der Waals surface area contributed by atoms with Crippen molar-refractivity contribution in [1.82, 2.24) is 5.32 Å². The number of carbonyl (C=O) groups is 3. The van der Waals surface area contributed by atoms with Gasteiger partial charge >= 0.3 is 6.09 Å². The van der Waals surface area contributed by atoms with Crippen molar-refractivity contribution in [2.75, 3.05) is 0 Å². The first-order valence-electron chi connectivity index (χ1n) is 7.45. The van der Waals surface area contributed by atoms with Crippen molar-refractivity contribution in [3.8, 4) is 0 Å². The summed E-state index contributed by atoms with van der Waals surface area (Å²) in [6.07, 6.45) is -0.837. The maximum atomic E-state index is 12.3. The van der Waals surface area contributed by atoms with Crippen molar-refractivity contribution < 1.29 is 19.1 Å². The van der Waals surface area contributed by atoms with Gasteiger partial charge in [-0.15, -0.1) is 0 Å². The van der Waals surface area contributed by atoms with E-state index < -0.39 is 17.7 Å². The molecule has 1 N–H and O–H groups in total. The van der Waals surface area contributed by atoms with Crippen LogP contribution in [0, 0.1) is 5.92 Å². The van der Waals surface area contributed by atoms with Crippen LogP contribution in [0.4, 0.5) is 4.79 Å². The largest absolute Gasteiger partial charge is 0.444 e. The summed E-state index contributed by atoms with van der Waals surface area (Å²) in [5, 5.41) is 2.38. The Morgan fingerprint density at radius 1 is 1.05 bits per heavy atom. The van der Waals surface area contributed by atoms with Gasteiger partial charge in [0.25, 0.3) is 0 Å². The first-order chi connectivity index (χ1) is 9.71. The van der Waals surface area contributed by atoms with Crippen molar-refractivity contribution in [3.63, 3.8) is 0 Å². The number of thioether (sulfide) groups is 1. The second-order valence-electron chi connectivity index (χ2n) is 7.60. The number of Topliss-reactive ketones (excluding diaryl/α,β-unsaturated/α-hetero) is 1. The Balaban J connectivity index is 4.72. The Morgan fingerprint density at radius 2 is 1.55 bits per heavy atom. The van der Waals surface area contributed by atoms with Crippen LogP contribution in [0.15, 0.2) is 0 Å². The topological polar surface area (TPSA) is 72.5 Å². The number of nitrogens with one attached hydrogen (secondary N) is 1. The molecule has 0 aliphatic heterocycles. The first kappa shape index (κ1) is 21.0. The Bertz CT molecular complexity index is 419. The molecule has 0 unspecified atom stereocenters. The molecule has 5 nitrogen and oxygen atoms in total. The highest BCUT2D eigenvalue weighted by Crippen LogP contribution is 2.25. The molecule has 1 amide bonds. The molecule has 6 heteroatoms. The molecule has 0 aromatic heterocycles. The summed E-state index contributed by atoms with van der Waals surface area (Å²) in [6.45, 7) is 14.6. The van der Waals surface area contributed by atoms with Crippen LogP contribution in [0.1, 0.15) is 61.8 Å². The van der Waals surface area contributed by atoms with E-state index in [-0.39, 0.29) is 28.0 Å². The number of rotatable bonds is 5. The molecule has 1 atom stereocenters. The Morgan fingerprint density at radius 3 is 1.91 bits per heavy atom. The van der Waals surface area contributed by atoms with Crippen molar-refractivity contribution in [2.45, 2.75) is 78.2 Å². The zero-order chi connectivity index (χ0) is 17.7. The predicted molar refractivity (Wildman–Crippen MR) is 90.0 cm³/mol. The fourth-order valence-electron chi connectivity index (χ4n) is 1.68. The summed E-state index contributed by atoms with van der Waals surface area (Å²) in [5.74, 6) is -0.407. The molecule has 22 heavy (non-hydrogen) atoms. The van der Waals surface area contributed by atoms with E-state index >= 15 is 0 Å². The van der Waals surface area contributed by atoms with E-state index in [0.717, 1.165) is 11.8 Å². The zero-order valence-electron chi connectivity index (χ0n) is 14.9.